The number of benzene rings is 1. The van der Waals surface area contributed by atoms with E-state index in [1.165, 1.54) is 0 Å². The minimum absolute atomic E-state index is 0.00136. The first-order valence-electron chi connectivity index (χ1n) is 6.00. The van der Waals surface area contributed by atoms with Gasteiger partial charge in [0, 0.05) is 12.6 Å². The Balaban J connectivity index is 2.53. The van der Waals surface area contributed by atoms with Crippen molar-refractivity contribution in [3.05, 3.63) is 34.9 Å². The average Bonchev–Trinajstić information content (AvgIpc) is 2.26. The molecule has 0 fully saturated rings. The van der Waals surface area contributed by atoms with E-state index >= 15 is 0 Å². The molecule has 0 bridgehead atoms. The van der Waals surface area contributed by atoms with Crippen molar-refractivity contribution >= 4 is 0 Å². The van der Waals surface area contributed by atoms with E-state index in [2.05, 4.69) is 10.2 Å². The summed E-state index contributed by atoms with van der Waals surface area (Å²) in [5.74, 6) is 5.45. The molecule has 0 aliphatic rings. The molecule has 0 radical (unpaired) electrons. The lowest BCUT2D eigenvalue weighted by Gasteiger charge is -2.18. The summed E-state index contributed by atoms with van der Waals surface area (Å²) in [4.78, 5) is 0. The third-order valence-corrected chi connectivity index (χ3v) is 2.66. The highest BCUT2D eigenvalue weighted by molar-refractivity contribution is 5.30. The Morgan fingerprint density at radius 3 is 2.26 bits per heavy atom. The Kier molecular flexibility index (Phi) is 5.78. The zero-order chi connectivity index (χ0) is 14.5. The summed E-state index contributed by atoms with van der Waals surface area (Å²) in [7, 11) is 0. The molecule has 1 aromatic carbocycles. The second kappa shape index (κ2) is 6.88. The second-order valence-electron chi connectivity index (χ2n) is 4.60. The van der Waals surface area contributed by atoms with Crippen LogP contribution in [0.15, 0.2) is 18.2 Å². The van der Waals surface area contributed by atoms with E-state index in [4.69, 9.17) is 5.84 Å². The van der Waals surface area contributed by atoms with Crippen LogP contribution in [-0.4, -0.2) is 19.4 Å². The van der Waals surface area contributed by atoms with Crippen LogP contribution in [0.25, 0.3) is 0 Å². The van der Waals surface area contributed by atoms with Gasteiger partial charge in [-0.2, -0.15) is 13.2 Å². The largest absolute Gasteiger partial charge is 0.411 e. The Hall–Kier alpha value is -1.11. The lowest BCUT2D eigenvalue weighted by atomic mass is 10.00. The molecule has 0 heterocycles. The van der Waals surface area contributed by atoms with E-state index in [0.717, 1.165) is 16.7 Å². The van der Waals surface area contributed by atoms with Gasteiger partial charge in [-0.05, 0) is 25.8 Å². The molecule has 0 aromatic heterocycles. The zero-order valence-corrected chi connectivity index (χ0v) is 11.1. The molecule has 0 spiro atoms. The van der Waals surface area contributed by atoms with E-state index in [1.807, 2.05) is 32.0 Å². The van der Waals surface area contributed by atoms with Crippen LogP contribution in [0.5, 0.6) is 0 Å². The summed E-state index contributed by atoms with van der Waals surface area (Å²) < 4.78 is 40.4. The first kappa shape index (κ1) is 15.9. The summed E-state index contributed by atoms with van der Waals surface area (Å²) in [6, 6.07) is 5.73. The van der Waals surface area contributed by atoms with Crippen LogP contribution in [0.1, 0.15) is 29.2 Å². The fourth-order valence-corrected chi connectivity index (χ4v) is 1.95. The Morgan fingerprint density at radius 1 is 1.21 bits per heavy atom. The summed E-state index contributed by atoms with van der Waals surface area (Å²) >= 11 is 0. The fourth-order valence-electron chi connectivity index (χ4n) is 1.95. The van der Waals surface area contributed by atoms with Gasteiger partial charge < -0.3 is 4.74 Å². The van der Waals surface area contributed by atoms with Gasteiger partial charge in [0.2, 0.25) is 0 Å². The highest BCUT2D eigenvalue weighted by atomic mass is 19.4. The Bertz CT molecular complexity index is 387. The van der Waals surface area contributed by atoms with Crippen LogP contribution in [-0.2, 0) is 4.74 Å². The number of rotatable bonds is 6. The summed E-state index contributed by atoms with van der Waals surface area (Å²) in [5, 5.41) is 0. The maximum atomic E-state index is 11.9. The molecule has 1 aromatic rings. The van der Waals surface area contributed by atoms with Crippen molar-refractivity contribution in [2.45, 2.75) is 32.5 Å². The van der Waals surface area contributed by atoms with Gasteiger partial charge in [-0.3, -0.25) is 11.3 Å². The number of nitrogens with one attached hydrogen (secondary N) is 1. The van der Waals surface area contributed by atoms with Crippen molar-refractivity contribution in [3.63, 3.8) is 0 Å². The first-order chi connectivity index (χ1) is 8.81. The van der Waals surface area contributed by atoms with Crippen molar-refractivity contribution < 1.29 is 17.9 Å². The van der Waals surface area contributed by atoms with Crippen molar-refractivity contribution in [1.82, 2.24) is 5.43 Å². The highest BCUT2D eigenvalue weighted by Gasteiger charge is 2.27. The SMILES string of the molecule is Cc1cc(C)cc(C(CCOCC(F)(F)F)NN)c1. The standard InChI is InChI=1S/C13H19F3N2O/c1-9-5-10(2)7-11(6-9)12(18-17)3-4-19-8-13(14,15)16/h5-7,12,18H,3-4,8,17H2,1-2H3. The van der Waals surface area contributed by atoms with Crippen LogP contribution in [0.3, 0.4) is 0 Å². The molecule has 1 unspecified atom stereocenters. The molecule has 1 rings (SSSR count). The minimum Gasteiger partial charge on any atom is -0.372 e. The normalized spacial score (nSPS) is 13.6. The van der Waals surface area contributed by atoms with E-state index < -0.39 is 12.8 Å². The van der Waals surface area contributed by atoms with Crippen LogP contribution in [0.2, 0.25) is 0 Å². The van der Waals surface area contributed by atoms with Crippen LogP contribution < -0.4 is 11.3 Å². The number of nitrogens with two attached hydrogens (primary N) is 1. The maximum absolute atomic E-state index is 11.9. The third-order valence-electron chi connectivity index (χ3n) is 2.66. The first-order valence-corrected chi connectivity index (χ1v) is 6.00. The average molecular weight is 276 g/mol. The number of halogens is 3. The lowest BCUT2D eigenvalue weighted by Crippen LogP contribution is -2.29. The molecule has 3 N–H and O–H groups in total. The molecule has 108 valence electrons. The van der Waals surface area contributed by atoms with Crippen LogP contribution in [0, 0.1) is 13.8 Å². The number of alkyl halides is 3. The number of hydrazine groups is 1. The monoisotopic (exact) mass is 276 g/mol. The summed E-state index contributed by atoms with van der Waals surface area (Å²) in [6.45, 7) is 2.70. The predicted molar refractivity (Wildman–Crippen MR) is 67.5 cm³/mol. The fraction of sp³-hybridized carbons (Fsp3) is 0.538. The second-order valence-corrected chi connectivity index (χ2v) is 4.60. The van der Waals surface area contributed by atoms with E-state index in [9.17, 15) is 13.2 Å². The van der Waals surface area contributed by atoms with Gasteiger partial charge in [-0.1, -0.05) is 29.3 Å². The van der Waals surface area contributed by atoms with Gasteiger partial charge in [0.25, 0.3) is 0 Å². The Labute approximate surface area is 110 Å². The number of hydrogen-bond donors (Lipinski definition) is 2. The predicted octanol–water partition coefficient (Wildman–Crippen LogP) is 2.78. The molecule has 6 heteroatoms. The number of ether oxygens (including phenoxy) is 1. The minimum atomic E-state index is -4.29. The zero-order valence-electron chi connectivity index (χ0n) is 11.1. The Morgan fingerprint density at radius 2 is 1.79 bits per heavy atom. The molecule has 0 aliphatic heterocycles. The topological polar surface area (TPSA) is 47.3 Å². The van der Waals surface area contributed by atoms with Crippen LogP contribution >= 0.6 is 0 Å². The van der Waals surface area contributed by atoms with Gasteiger partial charge in [0.05, 0.1) is 0 Å². The van der Waals surface area contributed by atoms with Gasteiger partial charge in [-0.15, -0.1) is 0 Å². The van der Waals surface area contributed by atoms with E-state index in [0.29, 0.717) is 6.42 Å². The highest BCUT2D eigenvalue weighted by Crippen LogP contribution is 2.20. The van der Waals surface area contributed by atoms with Gasteiger partial charge in [-0.25, -0.2) is 0 Å². The van der Waals surface area contributed by atoms with Crippen molar-refractivity contribution in [2.75, 3.05) is 13.2 Å². The van der Waals surface area contributed by atoms with Gasteiger partial charge in [0.15, 0.2) is 0 Å². The van der Waals surface area contributed by atoms with E-state index in [-0.39, 0.29) is 12.6 Å². The van der Waals surface area contributed by atoms with Gasteiger partial charge >= 0.3 is 6.18 Å². The third kappa shape index (κ3) is 6.04. The lowest BCUT2D eigenvalue weighted by molar-refractivity contribution is -0.174. The quantitative estimate of drug-likeness (QED) is 0.477. The molecule has 3 nitrogen and oxygen atoms in total. The summed E-state index contributed by atoms with van der Waals surface area (Å²) in [6.07, 6.45) is -3.90. The molecule has 0 saturated carbocycles. The molecule has 0 amide bonds. The number of hydrogen-bond acceptors (Lipinski definition) is 3. The van der Waals surface area contributed by atoms with Crippen LogP contribution in [0.4, 0.5) is 13.2 Å². The maximum Gasteiger partial charge on any atom is 0.411 e. The molecular weight excluding hydrogens is 257 g/mol. The van der Waals surface area contributed by atoms with Crippen molar-refractivity contribution in [1.29, 1.82) is 0 Å². The van der Waals surface area contributed by atoms with Crippen molar-refractivity contribution in [3.8, 4) is 0 Å². The molecule has 19 heavy (non-hydrogen) atoms. The van der Waals surface area contributed by atoms with Crippen molar-refractivity contribution in [2.24, 2.45) is 5.84 Å². The van der Waals surface area contributed by atoms with E-state index in [1.54, 1.807) is 0 Å². The molecule has 1 atom stereocenters. The number of aryl methyl sites for hydroxylation is 2. The molecule has 0 saturated heterocycles. The smallest absolute Gasteiger partial charge is 0.372 e. The molecular formula is C13H19F3N2O. The van der Waals surface area contributed by atoms with Gasteiger partial charge in [0.1, 0.15) is 6.61 Å². The molecule has 0 aliphatic carbocycles. The summed E-state index contributed by atoms with van der Waals surface area (Å²) in [5.41, 5.74) is 5.74.